The zero-order valence-electron chi connectivity index (χ0n) is 14.6. The van der Waals surface area contributed by atoms with Crippen LogP contribution in [0, 0.1) is 0 Å². The summed E-state index contributed by atoms with van der Waals surface area (Å²) < 4.78 is 1.79. The van der Waals surface area contributed by atoms with Gasteiger partial charge >= 0.3 is 0 Å². The number of aromatic nitrogens is 3. The molecule has 1 atom stereocenters. The summed E-state index contributed by atoms with van der Waals surface area (Å²) in [5.74, 6) is 1.02. The van der Waals surface area contributed by atoms with Gasteiger partial charge in [-0.15, -0.1) is 0 Å². The number of carbonyl (C=O) groups excluding carboxylic acids is 1. The van der Waals surface area contributed by atoms with Gasteiger partial charge in [-0.2, -0.15) is 5.10 Å². The second-order valence-electron chi connectivity index (χ2n) is 6.60. The molecule has 2 aromatic rings. The maximum Gasteiger partial charge on any atom is 0.272 e. The van der Waals surface area contributed by atoms with Crippen molar-refractivity contribution in [3.63, 3.8) is 0 Å². The Balaban J connectivity index is 1.73. The lowest BCUT2D eigenvalue weighted by atomic mass is 10.0. The summed E-state index contributed by atoms with van der Waals surface area (Å²) in [5.41, 5.74) is 0.655. The Hall–Kier alpha value is -2.37. The van der Waals surface area contributed by atoms with Crippen molar-refractivity contribution in [3.05, 3.63) is 42.4 Å². The Kier molecular flexibility index (Phi) is 4.83. The maximum absolute atomic E-state index is 12.9. The van der Waals surface area contributed by atoms with Crippen LogP contribution in [0.5, 0.6) is 0 Å². The van der Waals surface area contributed by atoms with Gasteiger partial charge in [0.1, 0.15) is 11.5 Å². The van der Waals surface area contributed by atoms with E-state index in [1.165, 1.54) is 0 Å². The number of carbonyl (C=O) groups is 1. The molecule has 2 aromatic heterocycles. The minimum Gasteiger partial charge on any atom is -0.355 e. The lowest BCUT2D eigenvalue weighted by molar-refractivity contribution is 0.0702. The van der Waals surface area contributed by atoms with E-state index in [9.17, 15) is 4.79 Å². The molecule has 1 saturated heterocycles. The predicted octanol–water partition coefficient (Wildman–Crippen LogP) is 2.60. The molecule has 1 aliphatic rings. The molecular formula is C18H25N5O. The lowest BCUT2D eigenvalue weighted by Crippen LogP contribution is -2.49. The third kappa shape index (κ3) is 3.27. The molecule has 1 fully saturated rings. The van der Waals surface area contributed by atoms with Crippen LogP contribution in [0.4, 0.5) is 5.82 Å². The average Bonchev–Trinajstić information content (AvgIpc) is 3.11. The molecule has 0 aliphatic carbocycles. The quantitative estimate of drug-likeness (QED) is 0.866. The van der Waals surface area contributed by atoms with Crippen molar-refractivity contribution in [2.75, 3.05) is 25.0 Å². The van der Waals surface area contributed by atoms with Crippen LogP contribution in [0.25, 0.3) is 0 Å². The molecular weight excluding hydrogens is 302 g/mol. The van der Waals surface area contributed by atoms with E-state index in [4.69, 9.17) is 0 Å². The average molecular weight is 327 g/mol. The molecule has 3 rings (SSSR count). The van der Waals surface area contributed by atoms with E-state index in [0.29, 0.717) is 5.69 Å². The van der Waals surface area contributed by atoms with Gasteiger partial charge in [0.2, 0.25) is 0 Å². The van der Waals surface area contributed by atoms with Crippen LogP contribution in [0.2, 0.25) is 0 Å². The first-order valence-electron chi connectivity index (χ1n) is 8.54. The molecule has 24 heavy (non-hydrogen) atoms. The van der Waals surface area contributed by atoms with Gasteiger partial charge in [0.15, 0.2) is 0 Å². The Morgan fingerprint density at radius 1 is 1.29 bits per heavy atom. The molecule has 128 valence electrons. The number of piperidine rings is 1. The summed E-state index contributed by atoms with van der Waals surface area (Å²) in [6.45, 7) is 5.87. The van der Waals surface area contributed by atoms with Crippen molar-refractivity contribution in [1.82, 2.24) is 19.7 Å². The molecule has 0 unspecified atom stereocenters. The first-order chi connectivity index (χ1) is 11.6. The van der Waals surface area contributed by atoms with E-state index in [2.05, 4.69) is 15.0 Å². The Morgan fingerprint density at radius 3 is 2.83 bits per heavy atom. The number of rotatable bonds is 4. The molecule has 0 spiro atoms. The second-order valence-corrected chi connectivity index (χ2v) is 6.60. The number of hydrogen-bond donors (Lipinski definition) is 0. The van der Waals surface area contributed by atoms with Crippen LogP contribution in [0.3, 0.4) is 0 Å². The zero-order chi connectivity index (χ0) is 17.1. The predicted molar refractivity (Wildman–Crippen MR) is 94.2 cm³/mol. The normalized spacial score (nSPS) is 18.0. The molecule has 0 aromatic carbocycles. The van der Waals surface area contributed by atoms with Crippen molar-refractivity contribution in [2.24, 2.45) is 0 Å². The van der Waals surface area contributed by atoms with Gasteiger partial charge in [0.25, 0.3) is 5.91 Å². The number of pyridine rings is 1. The molecule has 6 heteroatoms. The summed E-state index contributed by atoms with van der Waals surface area (Å²) in [6, 6.07) is 8.11. The molecule has 0 radical (unpaired) electrons. The topological polar surface area (TPSA) is 54.3 Å². The fraction of sp³-hybridized carbons (Fsp3) is 0.500. The minimum absolute atomic E-state index is 0.0362. The number of anilines is 1. The van der Waals surface area contributed by atoms with Gasteiger partial charge in [0, 0.05) is 44.6 Å². The number of hydrogen-bond acceptors (Lipinski definition) is 4. The Labute approximate surface area is 143 Å². The van der Waals surface area contributed by atoms with Crippen molar-refractivity contribution < 1.29 is 4.79 Å². The third-order valence-electron chi connectivity index (χ3n) is 4.62. The van der Waals surface area contributed by atoms with Crippen LogP contribution >= 0.6 is 0 Å². The highest BCUT2D eigenvalue weighted by Crippen LogP contribution is 2.21. The largest absolute Gasteiger partial charge is 0.355 e. The minimum atomic E-state index is 0.0362. The van der Waals surface area contributed by atoms with E-state index in [1.807, 2.05) is 50.2 Å². The summed E-state index contributed by atoms with van der Waals surface area (Å²) >= 11 is 0. The molecule has 0 bridgehead atoms. The summed E-state index contributed by atoms with van der Waals surface area (Å²) in [4.78, 5) is 21.5. The van der Waals surface area contributed by atoms with Gasteiger partial charge in [-0.05, 0) is 44.9 Å². The van der Waals surface area contributed by atoms with Gasteiger partial charge in [0.05, 0.1) is 0 Å². The fourth-order valence-electron chi connectivity index (χ4n) is 3.26. The van der Waals surface area contributed by atoms with E-state index in [0.717, 1.165) is 31.7 Å². The molecule has 1 amide bonds. The van der Waals surface area contributed by atoms with Crippen LogP contribution < -0.4 is 4.90 Å². The summed E-state index contributed by atoms with van der Waals surface area (Å²) in [7, 11) is 1.90. The SMILES string of the molecule is CC(C)n1nccc1C(=O)N(C)[C@H]1CCCN(c2ccccn2)C1. The van der Waals surface area contributed by atoms with Crippen molar-refractivity contribution >= 4 is 11.7 Å². The van der Waals surface area contributed by atoms with Crippen molar-refractivity contribution in [3.8, 4) is 0 Å². The highest BCUT2D eigenvalue weighted by molar-refractivity contribution is 5.92. The van der Waals surface area contributed by atoms with Crippen LogP contribution in [0.15, 0.2) is 36.7 Å². The van der Waals surface area contributed by atoms with E-state index >= 15 is 0 Å². The maximum atomic E-state index is 12.9. The van der Waals surface area contributed by atoms with Crippen molar-refractivity contribution in [2.45, 2.75) is 38.8 Å². The number of nitrogens with zero attached hydrogens (tertiary/aromatic N) is 5. The molecule has 6 nitrogen and oxygen atoms in total. The van der Waals surface area contributed by atoms with E-state index in [-0.39, 0.29) is 18.0 Å². The standard InChI is InChI=1S/C18H25N5O/c1-14(2)23-16(9-11-20-23)18(24)21(3)15-7-6-12-22(13-15)17-8-4-5-10-19-17/h4-5,8-11,14-15H,6-7,12-13H2,1-3H3/t15-/m0/s1. The highest BCUT2D eigenvalue weighted by Gasteiger charge is 2.28. The number of likely N-dealkylation sites (N-methyl/N-ethyl adjacent to an activating group) is 1. The highest BCUT2D eigenvalue weighted by atomic mass is 16.2. The van der Waals surface area contributed by atoms with E-state index < -0.39 is 0 Å². The Bertz CT molecular complexity index is 682. The molecule has 1 aliphatic heterocycles. The van der Waals surface area contributed by atoms with Crippen LogP contribution in [0.1, 0.15) is 43.2 Å². The first-order valence-corrected chi connectivity index (χ1v) is 8.54. The smallest absolute Gasteiger partial charge is 0.272 e. The van der Waals surface area contributed by atoms with Gasteiger partial charge in [-0.3, -0.25) is 9.48 Å². The van der Waals surface area contributed by atoms with Crippen LogP contribution in [-0.2, 0) is 0 Å². The lowest BCUT2D eigenvalue weighted by Gasteiger charge is -2.38. The third-order valence-corrected chi connectivity index (χ3v) is 4.62. The molecule has 0 saturated carbocycles. The summed E-state index contributed by atoms with van der Waals surface area (Å²) in [5, 5.41) is 4.28. The first kappa shape index (κ1) is 16.5. The van der Waals surface area contributed by atoms with E-state index in [1.54, 1.807) is 16.9 Å². The molecule has 3 heterocycles. The summed E-state index contributed by atoms with van der Waals surface area (Å²) in [6.07, 6.45) is 5.58. The van der Waals surface area contributed by atoms with Gasteiger partial charge < -0.3 is 9.80 Å². The van der Waals surface area contributed by atoms with Crippen molar-refractivity contribution in [1.29, 1.82) is 0 Å². The fourth-order valence-corrected chi connectivity index (χ4v) is 3.26. The Morgan fingerprint density at radius 2 is 2.12 bits per heavy atom. The van der Waals surface area contributed by atoms with Gasteiger partial charge in [-0.25, -0.2) is 4.98 Å². The van der Waals surface area contributed by atoms with Crippen LogP contribution in [-0.4, -0.2) is 51.8 Å². The zero-order valence-corrected chi connectivity index (χ0v) is 14.6. The molecule has 0 N–H and O–H groups in total. The van der Waals surface area contributed by atoms with Gasteiger partial charge in [-0.1, -0.05) is 6.07 Å². The monoisotopic (exact) mass is 327 g/mol. The number of amides is 1. The second kappa shape index (κ2) is 7.03.